The van der Waals surface area contributed by atoms with E-state index in [0.717, 1.165) is 25.9 Å². The highest BCUT2D eigenvalue weighted by molar-refractivity contribution is 5.81. The molecule has 33 heavy (non-hydrogen) atoms. The van der Waals surface area contributed by atoms with E-state index in [2.05, 4.69) is 14.9 Å². The normalized spacial score (nSPS) is 23.1. The minimum absolute atomic E-state index is 0.113. The summed E-state index contributed by atoms with van der Waals surface area (Å²) in [6.07, 6.45) is 3.15. The molecule has 2 fully saturated rings. The molecule has 2 aliphatic rings. The van der Waals surface area contributed by atoms with Gasteiger partial charge in [-0.1, -0.05) is 0 Å². The van der Waals surface area contributed by atoms with Crippen molar-refractivity contribution in [3.8, 4) is 22.6 Å². The number of halogens is 1. The first kappa shape index (κ1) is 21.5. The Labute approximate surface area is 190 Å². The molecule has 0 atom stereocenters. The third kappa shape index (κ3) is 4.19. The first-order valence-corrected chi connectivity index (χ1v) is 10.9. The van der Waals surface area contributed by atoms with Gasteiger partial charge in [-0.3, -0.25) is 4.79 Å². The highest BCUT2D eigenvalue weighted by Gasteiger charge is 2.39. The molecular formula is C23H25FN6O3. The van der Waals surface area contributed by atoms with Crippen molar-refractivity contribution in [2.75, 3.05) is 31.2 Å². The predicted molar refractivity (Wildman–Crippen MR) is 118 cm³/mol. The van der Waals surface area contributed by atoms with Crippen LogP contribution in [0.2, 0.25) is 0 Å². The topological polar surface area (TPSA) is 119 Å². The lowest BCUT2D eigenvalue weighted by Gasteiger charge is -2.34. The van der Waals surface area contributed by atoms with Crippen LogP contribution in [-0.4, -0.2) is 52.1 Å². The maximum Gasteiger partial charge on any atom is 0.228 e. The summed E-state index contributed by atoms with van der Waals surface area (Å²) in [5.41, 5.74) is 7.18. The number of ether oxygens (including phenoxy) is 2. The van der Waals surface area contributed by atoms with E-state index in [1.807, 2.05) is 0 Å². The van der Waals surface area contributed by atoms with E-state index in [-0.39, 0.29) is 19.0 Å². The van der Waals surface area contributed by atoms with E-state index >= 15 is 0 Å². The minimum atomic E-state index is -0.900. The quantitative estimate of drug-likeness (QED) is 0.611. The van der Waals surface area contributed by atoms with Gasteiger partial charge in [0.2, 0.25) is 18.1 Å². The zero-order valence-corrected chi connectivity index (χ0v) is 18.3. The number of rotatable bonds is 5. The van der Waals surface area contributed by atoms with E-state index in [1.165, 1.54) is 12.1 Å². The van der Waals surface area contributed by atoms with Gasteiger partial charge in [-0.05, 0) is 50.1 Å². The van der Waals surface area contributed by atoms with Gasteiger partial charge in [-0.15, -0.1) is 0 Å². The molecule has 0 spiro atoms. The molecule has 0 bridgehead atoms. The number of H-pyrrole nitrogens is 1. The van der Waals surface area contributed by atoms with Gasteiger partial charge in [-0.2, -0.15) is 0 Å². The Morgan fingerprint density at radius 3 is 2.52 bits per heavy atom. The standard InChI is InChI=1S/C23H25FN6O3/c1-23(21(25)31)12-32-20(33-13-23)19-28-17(14-4-6-15(24)7-5-14)18(29-19)16-8-9-26-22(27-16)30-10-2-3-11-30/h4-9,20H,2-3,10-13H2,1H3,(H2,25,31)(H,28,29). The molecule has 4 heterocycles. The molecule has 10 heteroatoms. The number of carbonyl (C=O) groups excluding carboxylic acids is 1. The molecular weight excluding hydrogens is 427 g/mol. The number of hydrogen-bond acceptors (Lipinski definition) is 7. The van der Waals surface area contributed by atoms with E-state index in [0.29, 0.717) is 34.4 Å². The summed E-state index contributed by atoms with van der Waals surface area (Å²) in [4.78, 5) is 31.0. The fourth-order valence-corrected chi connectivity index (χ4v) is 3.97. The molecule has 2 saturated heterocycles. The number of anilines is 1. The number of carbonyl (C=O) groups is 1. The van der Waals surface area contributed by atoms with Crippen molar-refractivity contribution >= 4 is 11.9 Å². The molecule has 1 amide bonds. The second-order valence-corrected chi connectivity index (χ2v) is 8.67. The molecule has 9 nitrogen and oxygen atoms in total. The molecule has 0 aliphatic carbocycles. The molecule has 0 unspecified atom stereocenters. The van der Waals surface area contributed by atoms with E-state index in [4.69, 9.17) is 25.2 Å². The monoisotopic (exact) mass is 452 g/mol. The van der Waals surface area contributed by atoms with Gasteiger partial charge in [-0.25, -0.2) is 19.3 Å². The first-order valence-electron chi connectivity index (χ1n) is 10.9. The summed E-state index contributed by atoms with van der Waals surface area (Å²) < 4.78 is 25.1. The van der Waals surface area contributed by atoms with Gasteiger partial charge in [0.25, 0.3) is 0 Å². The average molecular weight is 452 g/mol. The molecule has 1 aromatic carbocycles. The number of hydrogen-bond donors (Lipinski definition) is 2. The smallest absolute Gasteiger partial charge is 0.228 e. The van der Waals surface area contributed by atoms with Crippen molar-refractivity contribution in [3.05, 3.63) is 48.2 Å². The number of benzene rings is 1. The fourth-order valence-electron chi connectivity index (χ4n) is 3.97. The van der Waals surface area contributed by atoms with Crippen LogP contribution < -0.4 is 10.6 Å². The summed E-state index contributed by atoms with van der Waals surface area (Å²) in [5.74, 6) is 0.272. The lowest BCUT2D eigenvalue weighted by Crippen LogP contribution is -2.46. The Morgan fingerprint density at radius 2 is 1.85 bits per heavy atom. The molecule has 2 aliphatic heterocycles. The van der Waals surface area contributed by atoms with Crippen LogP contribution in [0.5, 0.6) is 0 Å². The molecule has 0 radical (unpaired) electrons. The van der Waals surface area contributed by atoms with Crippen LogP contribution >= 0.6 is 0 Å². The van der Waals surface area contributed by atoms with E-state index in [1.54, 1.807) is 31.3 Å². The summed E-state index contributed by atoms with van der Waals surface area (Å²) in [6, 6.07) is 7.89. The lowest BCUT2D eigenvalue weighted by atomic mass is 9.91. The fraction of sp³-hybridized carbons (Fsp3) is 0.391. The number of aromatic amines is 1. The number of primary amides is 1. The van der Waals surface area contributed by atoms with Gasteiger partial charge in [0.15, 0.2) is 5.82 Å². The zero-order valence-electron chi connectivity index (χ0n) is 18.3. The Morgan fingerprint density at radius 1 is 1.15 bits per heavy atom. The average Bonchev–Trinajstić information content (AvgIpc) is 3.51. The van der Waals surface area contributed by atoms with Crippen LogP contribution in [-0.2, 0) is 14.3 Å². The lowest BCUT2D eigenvalue weighted by molar-refractivity contribution is -0.230. The summed E-state index contributed by atoms with van der Waals surface area (Å²) in [5, 5.41) is 0. The number of nitrogens with zero attached hydrogens (tertiary/aromatic N) is 4. The van der Waals surface area contributed by atoms with E-state index < -0.39 is 17.6 Å². The highest BCUT2D eigenvalue weighted by atomic mass is 19.1. The number of nitrogens with two attached hydrogens (primary N) is 1. The second kappa shape index (κ2) is 8.53. The van der Waals surface area contributed by atoms with Gasteiger partial charge >= 0.3 is 0 Å². The maximum absolute atomic E-state index is 13.6. The molecule has 5 rings (SSSR count). The number of aromatic nitrogens is 4. The molecule has 172 valence electrons. The summed E-state index contributed by atoms with van der Waals surface area (Å²) >= 11 is 0. The maximum atomic E-state index is 13.6. The van der Waals surface area contributed by atoms with Crippen molar-refractivity contribution in [1.29, 1.82) is 0 Å². The predicted octanol–water partition coefficient (Wildman–Crippen LogP) is 2.81. The zero-order chi connectivity index (χ0) is 23.0. The van der Waals surface area contributed by atoms with Crippen LogP contribution in [0.25, 0.3) is 22.6 Å². The van der Waals surface area contributed by atoms with Crippen molar-refractivity contribution < 1.29 is 18.7 Å². The number of nitrogens with one attached hydrogen (secondary N) is 1. The second-order valence-electron chi connectivity index (χ2n) is 8.67. The highest BCUT2D eigenvalue weighted by Crippen LogP contribution is 2.35. The van der Waals surface area contributed by atoms with Gasteiger partial charge in [0.1, 0.15) is 5.82 Å². The molecule has 3 aromatic rings. The third-order valence-electron chi connectivity index (χ3n) is 6.05. The van der Waals surface area contributed by atoms with Gasteiger partial charge in [0, 0.05) is 24.8 Å². The Balaban J connectivity index is 1.52. The van der Waals surface area contributed by atoms with E-state index in [9.17, 15) is 9.18 Å². The molecule has 2 aromatic heterocycles. The Hall–Kier alpha value is -3.37. The Bertz CT molecular complexity index is 1150. The van der Waals surface area contributed by atoms with Crippen LogP contribution in [0.4, 0.5) is 10.3 Å². The van der Waals surface area contributed by atoms with Crippen LogP contribution in [0.3, 0.4) is 0 Å². The summed E-state index contributed by atoms with van der Waals surface area (Å²) in [7, 11) is 0. The van der Waals surface area contributed by atoms with Crippen LogP contribution in [0.15, 0.2) is 36.5 Å². The molecule has 0 saturated carbocycles. The Kier molecular flexibility index (Phi) is 5.55. The molecule has 3 N–H and O–H groups in total. The minimum Gasteiger partial charge on any atom is -0.369 e. The van der Waals surface area contributed by atoms with Gasteiger partial charge in [0.05, 0.1) is 35.7 Å². The van der Waals surface area contributed by atoms with Crippen molar-refractivity contribution in [2.45, 2.75) is 26.1 Å². The van der Waals surface area contributed by atoms with Crippen LogP contribution in [0.1, 0.15) is 31.9 Å². The van der Waals surface area contributed by atoms with Gasteiger partial charge < -0.3 is 25.1 Å². The number of imidazole rings is 1. The largest absolute Gasteiger partial charge is 0.369 e. The van der Waals surface area contributed by atoms with Crippen LogP contribution in [0, 0.1) is 11.2 Å². The number of amides is 1. The SMILES string of the molecule is CC1(C(N)=O)COC(c2nc(-c3ccc(F)cc3)c(-c3ccnc(N4CCCC4)n3)[nH]2)OC1. The van der Waals surface area contributed by atoms with Crippen molar-refractivity contribution in [2.24, 2.45) is 11.1 Å². The third-order valence-corrected chi connectivity index (χ3v) is 6.05. The first-order chi connectivity index (χ1) is 15.9. The van der Waals surface area contributed by atoms with Crippen molar-refractivity contribution in [3.63, 3.8) is 0 Å². The summed E-state index contributed by atoms with van der Waals surface area (Å²) in [6.45, 7) is 3.77. The van der Waals surface area contributed by atoms with Crippen molar-refractivity contribution in [1.82, 2.24) is 19.9 Å².